The Hall–Kier alpha value is -3.86. The van der Waals surface area contributed by atoms with Crippen LogP contribution in [0.5, 0.6) is 0 Å². The van der Waals surface area contributed by atoms with Crippen molar-refractivity contribution < 1.29 is 0 Å². The maximum absolute atomic E-state index is 6.48. The van der Waals surface area contributed by atoms with Gasteiger partial charge in [-0.05, 0) is 81.3 Å². The molecule has 2 nitrogen and oxygen atoms in total. The number of benzene rings is 4. The van der Waals surface area contributed by atoms with E-state index in [0.717, 1.165) is 55.0 Å². The maximum Gasteiger partial charge on any atom is 0.121 e. The van der Waals surface area contributed by atoms with E-state index in [1.807, 2.05) is 0 Å². The maximum atomic E-state index is 6.48. The molecule has 4 aromatic rings. The number of anilines is 2. The van der Waals surface area contributed by atoms with Crippen LogP contribution in [0.3, 0.4) is 0 Å². The second kappa shape index (κ2) is 12.7. The van der Waals surface area contributed by atoms with E-state index in [0.29, 0.717) is 23.7 Å². The van der Waals surface area contributed by atoms with E-state index in [2.05, 4.69) is 162 Å². The summed E-state index contributed by atoms with van der Waals surface area (Å²) in [4.78, 5) is 6.06. The molecule has 4 heteroatoms. The molecule has 2 aliphatic heterocycles. The third-order valence-corrected chi connectivity index (χ3v) is 10.1. The van der Waals surface area contributed by atoms with E-state index >= 15 is 0 Å². The van der Waals surface area contributed by atoms with Crippen LogP contribution < -0.4 is 9.80 Å². The molecule has 0 amide bonds. The molecule has 0 saturated heterocycles. The fourth-order valence-electron chi connectivity index (χ4n) is 6.41. The highest BCUT2D eigenvalue weighted by Gasteiger charge is 2.45. The molecule has 0 N–H and O–H groups in total. The highest BCUT2D eigenvalue weighted by atomic mass is 32.1. The second-order valence-electron chi connectivity index (χ2n) is 13.8. The Morgan fingerprint density at radius 1 is 0.370 bits per heavy atom. The van der Waals surface area contributed by atoms with Crippen molar-refractivity contribution in [2.24, 2.45) is 0 Å². The molecule has 0 atom stereocenters. The number of rotatable bonds is 8. The monoisotopic (exact) mass is 640 g/mol. The summed E-state index contributed by atoms with van der Waals surface area (Å²) in [5.74, 6) is 1.80. The molecule has 0 unspecified atom stereocenters. The average molecular weight is 641 g/mol. The number of nitrogens with zero attached hydrogens (tertiary/aromatic N) is 2. The Morgan fingerprint density at radius 3 is 0.848 bits per heavy atom. The molecule has 6 rings (SSSR count). The second-order valence-corrected chi connectivity index (χ2v) is 14.5. The first-order chi connectivity index (χ1) is 22.0. The zero-order valence-electron chi connectivity index (χ0n) is 28.3. The molecule has 4 aromatic carbocycles. The van der Waals surface area contributed by atoms with Gasteiger partial charge in [0, 0.05) is 22.5 Å². The van der Waals surface area contributed by atoms with Gasteiger partial charge in [0.25, 0.3) is 0 Å². The Kier molecular flexibility index (Phi) is 8.89. The van der Waals surface area contributed by atoms with Gasteiger partial charge in [-0.15, -0.1) is 0 Å². The van der Waals surface area contributed by atoms with Crippen LogP contribution in [0.1, 0.15) is 112 Å². The van der Waals surface area contributed by atoms with Crippen molar-refractivity contribution in [1.29, 1.82) is 0 Å². The van der Waals surface area contributed by atoms with Gasteiger partial charge in [-0.3, -0.25) is 9.80 Å². The summed E-state index contributed by atoms with van der Waals surface area (Å²) in [5.41, 5.74) is 13.7. The summed E-state index contributed by atoms with van der Waals surface area (Å²) in [6, 6.07) is 35.6. The van der Waals surface area contributed by atoms with E-state index in [9.17, 15) is 0 Å². The number of fused-ring (bicyclic) bond motifs is 1. The normalized spacial score (nSPS) is 15.1. The van der Waals surface area contributed by atoms with Crippen LogP contribution in [-0.2, 0) is 0 Å². The van der Waals surface area contributed by atoms with E-state index in [1.165, 1.54) is 22.3 Å². The van der Waals surface area contributed by atoms with Crippen LogP contribution in [0.4, 0.5) is 11.4 Å². The lowest BCUT2D eigenvalue weighted by atomic mass is 9.97. The summed E-state index contributed by atoms with van der Waals surface area (Å²) in [7, 11) is 0. The van der Waals surface area contributed by atoms with Crippen molar-refractivity contribution in [3.8, 4) is 0 Å². The van der Waals surface area contributed by atoms with E-state index in [4.69, 9.17) is 24.4 Å². The molecule has 0 aromatic heterocycles. The minimum atomic E-state index is 0.448. The first-order valence-corrected chi connectivity index (χ1v) is 17.4. The van der Waals surface area contributed by atoms with Crippen LogP contribution in [0.15, 0.2) is 108 Å². The molecule has 0 bridgehead atoms. The Morgan fingerprint density at radius 2 is 0.609 bits per heavy atom. The lowest BCUT2D eigenvalue weighted by Gasteiger charge is -2.28. The van der Waals surface area contributed by atoms with Gasteiger partial charge in [0.15, 0.2) is 0 Å². The highest BCUT2D eigenvalue weighted by Crippen LogP contribution is 2.50. The molecule has 0 saturated carbocycles. The molecule has 2 aliphatic rings. The summed E-state index contributed by atoms with van der Waals surface area (Å²) in [5, 5.41) is 0. The Labute approximate surface area is 286 Å². The standard InChI is InChI=1S/C42H44N2S2/c1-25(2)29-9-13-33(14-10-29)39-37-38(42(46)43(39)35-21-17-31(18-22-35)27(5)6)40(34-15-11-30(12-16-34)26(3)4)44(41(37)45)36-23-19-32(20-24-36)28(7)8/h9-28H,1-8H3. The fourth-order valence-corrected chi connectivity index (χ4v) is 7.20. The molecular formula is C42H44N2S2. The van der Waals surface area contributed by atoms with E-state index in [-0.39, 0.29) is 0 Å². The van der Waals surface area contributed by atoms with Gasteiger partial charge in [-0.25, -0.2) is 0 Å². The largest absolute Gasteiger partial charge is 0.299 e. The third-order valence-electron chi connectivity index (χ3n) is 9.34. The van der Waals surface area contributed by atoms with Gasteiger partial charge in [0.2, 0.25) is 0 Å². The highest BCUT2D eigenvalue weighted by molar-refractivity contribution is 7.82. The van der Waals surface area contributed by atoms with E-state index in [1.54, 1.807) is 0 Å². The SMILES string of the molecule is CC(C)c1ccc(C2=C3C(=S)N(c4ccc(C(C)C)cc4)C(c4ccc(C(C)C)cc4)=C3C(=S)N2c2ccc(C(C)C)cc2)cc1. The van der Waals surface area contributed by atoms with Crippen LogP contribution in [0.25, 0.3) is 11.4 Å². The predicted molar refractivity (Wildman–Crippen MR) is 206 cm³/mol. The van der Waals surface area contributed by atoms with Crippen LogP contribution in [0.2, 0.25) is 0 Å². The van der Waals surface area contributed by atoms with Crippen LogP contribution in [-0.4, -0.2) is 9.98 Å². The molecule has 2 heterocycles. The molecule has 0 aliphatic carbocycles. The first kappa shape index (κ1) is 32.1. The summed E-state index contributed by atoms with van der Waals surface area (Å²) in [6.07, 6.45) is 0. The predicted octanol–water partition coefficient (Wildman–Crippen LogP) is 12.0. The van der Waals surface area contributed by atoms with Gasteiger partial charge in [-0.1, -0.05) is 153 Å². The van der Waals surface area contributed by atoms with Gasteiger partial charge in [0.1, 0.15) is 9.98 Å². The van der Waals surface area contributed by atoms with Crippen LogP contribution in [0, 0.1) is 0 Å². The van der Waals surface area contributed by atoms with Gasteiger partial charge >= 0.3 is 0 Å². The van der Waals surface area contributed by atoms with Crippen molar-refractivity contribution in [2.45, 2.75) is 79.1 Å². The summed E-state index contributed by atoms with van der Waals surface area (Å²) < 4.78 is 0. The third kappa shape index (κ3) is 5.67. The topological polar surface area (TPSA) is 6.48 Å². The van der Waals surface area contributed by atoms with E-state index < -0.39 is 0 Å². The first-order valence-electron chi connectivity index (χ1n) is 16.6. The lowest BCUT2D eigenvalue weighted by molar-refractivity contribution is 0.866. The zero-order valence-corrected chi connectivity index (χ0v) is 29.9. The van der Waals surface area contributed by atoms with Gasteiger partial charge in [-0.2, -0.15) is 0 Å². The number of hydrogen-bond acceptors (Lipinski definition) is 2. The zero-order chi connectivity index (χ0) is 32.9. The molecule has 0 radical (unpaired) electrons. The van der Waals surface area contributed by atoms with Crippen molar-refractivity contribution in [3.05, 3.63) is 142 Å². The minimum absolute atomic E-state index is 0.448. The number of hydrogen-bond donors (Lipinski definition) is 0. The lowest BCUT2D eigenvalue weighted by Crippen LogP contribution is -2.28. The summed E-state index contributed by atoms with van der Waals surface area (Å²) >= 11 is 13.0. The Balaban J connectivity index is 1.61. The minimum Gasteiger partial charge on any atom is -0.299 e. The molecular weight excluding hydrogens is 597 g/mol. The Bertz CT molecular complexity index is 1700. The molecule has 234 valence electrons. The smallest absolute Gasteiger partial charge is 0.121 e. The van der Waals surface area contributed by atoms with Crippen LogP contribution >= 0.6 is 24.4 Å². The quantitative estimate of drug-likeness (QED) is 0.177. The van der Waals surface area contributed by atoms with Crippen molar-refractivity contribution in [2.75, 3.05) is 9.80 Å². The molecule has 46 heavy (non-hydrogen) atoms. The average Bonchev–Trinajstić information content (AvgIpc) is 3.52. The molecule has 0 fully saturated rings. The van der Waals surface area contributed by atoms with Crippen molar-refractivity contribution in [1.82, 2.24) is 0 Å². The number of thiocarbonyl (C=S) groups is 2. The van der Waals surface area contributed by atoms with Gasteiger partial charge < -0.3 is 0 Å². The molecule has 0 spiro atoms. The van der Waals surface area contributed by atoms with Crippen molar-refractivity contribution in [3.63, 3.8) is 0 Å². The fraction of sp³-hybridized carbons (Fsp3) is 0.286. The van der Waals surface area contributed by atoms with Gasteiger partial charge in [0.05, 0.1) is 11.4 Å². The summed E-state index contributed by atoms with van der Waals surface area (Å²) in [6.45, 7) is 17.8. The van der Waals surface area contributed by atoms with Crippen molar-refractivity contribution >= 4 is 57.2 Å².